The van der Waals surface area contributed by atoms with Gasteiger partial charge < -0.3 is 9.64 Å². The van der Waals surface area contributed by atoms with Crippen LogP contribution in [0, 0.1) is 0 Å². The maximum Gasteiger partial charge on any atom is 0.275 e. The predicted molar refractivity (Wildman–Crippen MR) is 73.3 cm³/mol. The second-order valence-electron chi connectivity index (χ2n) is 5.53. The van der Waals surface area contributed by atoms with Gasteiger partial charge in [0.1, 0.15) is 4.90 Å². The van der Waals surface area contributed by atoms with Gasteiger partial charge in [0.15, 0.2) is 5.69 Å². The van der Waals surface area contributed by atoms with Crippen LogP contribution < -0.4 is 5.14 Å². The highest BCUT2D eigenvalue weighted by molar-refractivity contribution is 7.89. The molecule has 3 rings (SSSR count). The maximum atomic E-state index is 12.5. The number of likely N-dealkylation sites (tertiary alicyclic amines) is 1. The molecule has 1 saturated heterocycles. The quantitative estimate of drug-likeness (QED) is 0.797. The molecule has 1 aliphatic carbocycles. The minimum atomic E-state index is -3.99. The van der Waals surface area contributed by atoms with Gasteiger partial charge in [-0.05, 0) is 19.3 Å². The highest BCUT2D eigenvalue weighted by Crippen LogP contribution is 2.42. The highest BCUT2D eigenvalue weighted by atomic mass is 32.2. The van der Waals surface area contributed by atoms with Gasteiger partial charge in [-0.1, -0.05) is 0 Å². The number of H-pyrrole nitrogens is 1. The fraction of sp³-hybridized carbons (Fsp3) is 0.667. The van der Waals surface area contributed by atoms with Crippen LogP contribution in [0.25, 0.3) is 0 Å². The lowest BCUT2D eigenvalue weighted by molar-refractivity contribution is 0.0715. The van der Waals surface area contributed by atoms with Crippen molar-refractivity contribution in [2.24, 2.45) is 5.14 Å². The van der Waals surface area contributed by atoms with Crippen LogP contribution in [0.2, 0.25) is 0 Å². The van der Waals surface area contributed by atoms with E-state index in [1.165, 1.54) is 0 Å². The average molecular weight is 314 g/mol. The van der Waals surface area contributed by atoms with E-state index in [4.69, 9.17) is 9.88 Å². The molecule has 1 saturated carbocycles. The van der Waals surface area contributed by atoms with Gasteiger partial charge in [-0.25, -0.2) is 13.6 Å². The second-order valence-corrected chi connectivity index (χ2v) is 7.03. The fourth-order valence-corrected chi connectivity index (χ4v) is 3.60. The molecule has 8 nitrogen and oxygen atoms in total. The standard InChI is InChI=1S/C12H18N4O4S/c1-20-8-4-5-16(6-8)12(17)10-11(21(13,18)19)9(14-15-10)7-2-3-7/h7-8H,2-6H2,1H3,(H,14,15)(H2,13,18,19). The van der Waals surface area contributed by atoms with Crippen molar-refractivity contribution in [1.82, 2.24) is 15.1 Å². The number of methoxy groups -OCH3 is 1. The van der Waals surface area contributed by atoms with Crippen molar-refractivity contribution in [2.75, 3.05) is 20.2 Å². The molecular weight excluding hydrogens is 296 g/mol. The third-order valence-electron chi connectivity index (χ3n) is 3.99. The molecule has 1 unspecified atom stereocenters. The Labute approximate surface area is 122 Å². The van der Waals surface area contributed by atoms with Crippen LogP contribution in [0.15, 0.2) is 4.90 Å². The zero-order chi connectivity index (χ0) is 15.2. The van der Waals surface area contributed by atoms with Crippen molar-refractivity contribution < 1.29 is 17.9 Å². The summed E-state index contributed by atoms with van der Waals surface area (Å²) >= 11 is 0. The summed E-state index contributed by atoms with van der Waals surface area (Å²) in [5, 5.41) is 11.9. The summed E-state index contributed by atoms with van der Waals surface area (Å²) in [4.78, 5) is 13.9. The Balaban J connectivity index is 1.93. The van der Waals surface area contributed by atoms with Crippen molar-refractivity contribution in [1.29, 1.82) is 0 Å². The molecule has 0 radical (unpaired) electrons. The molecule has 1 aliphatic heterocycles. The first-order chi connectivity index (χ1) is 9.91. The second kappa shape index (κ2) is 5.08. The lowest BCUT2D eigenvalue weighted by Gasteiger charge is -2.15. The van der Waals surface area contributed by atoms with Crippen LogP contribution in [0.1, 0.15) is 41.4 Å². The first kappa shape index (κ1) is 14.5. The van der Waals surface area contributed by atoms with Crippen molar-refractivity contribution in [3.8, 4) is 0 Å². The number of hydrogen-bond donors (Lipinski definition) is 2. The molecule has 0 spiro atoms. The molecule has 2 fully saturated rings. The number of amides is 1. The molecule has 1 aromatic rings. The molecule has 116 valence electrons. The normalized spacial score (nSPS) is 22.8. The number of nitrogens with two attached hydrogens (primary N) is 1. The van der Waals surface area contributed by atoms with Crippen LogP contribution in [-0.2, 0) is 14.8 Å². The molecule has 1 amide bonds. The van der Waals surface area contributed by atoms with Gasteiger partial charge in [-0.2, -0.15) is 5.10 Å². The van der Waals surface area contributed by atoms with E-state index < -0.39 is 15.9 Å². The minimum Gasteiger partial charge on any atom is -0.380 e. The number of ether oxygens (including phenoxy) is 1. The van der Waals surface area contributed by atoms with Gasteiger partial charge in [-0.3, -0.25) is 9.89 Å². The largest absolute Gasteiger partial charge is 0.380 e. The van der Waals surface area contributed by atoms with E-state index >= 15 is 0 Å². The average Bonchev–Trinajstić information content (AvgIpc) is 3.01. The fourth-order valence-electron chi connectivity index (χ4n) is 2.68. The number of nitrogens with one attached hydrogen (secondary N) is 1. The van der Waals surface area contributed by atoms with E-state index in [0.29, 0.717) is 18.8 Å². The number of nitrogens with zero attached hydrogens (tertiary/aromatic N) is 2. The third kappa shape index (κ3) is 2.68. The van der Waals surface area contributed by atoms with Gasteiger partial charge >= 0.3 is 0 Å². The van der Waals surface area contributed by atoms with E-state index in [0.717, 1.165) is 19.3 Å². The molecule has 2 aliphatic rings. The summed E-state index contributed by atoms with van der Waals surface area (Å²) in [7, 11) is -2.40. The summed E-state index contributed by atoms with van der Waals surface area (Å²) in [5.74, 6) is -0.306. The van der Waals surface area contributed by atoms with Crippen molar-refractivity contribution in [3.05, 3.63) is 11.4 Å². The van der Waals surface area contributed by atoms with Crippen molar-refractivity contribution >= 4 is 15.9 Å². The number of sulfonamides is 1. The molecule has 9 heteroatoms. The molecule has 1 atom stereocenters. The van der Waals surface area contributed by atoms with Gasteiger partial charge in [0.05, 0.1) is 11.8 Å². The number of carbonyl (C=O) groups is 1. The molecule has 2 heterocycles. The molecule has 3 N–H and O–H groups in total. The van der Waals surface area contributed by atoms with Crippen LogP contribution >= 0.6 is 0 Å². The Hall–Kier alpha value is -1.45. The Morgan fingerprint density at radius 2 is 2.14 bits per heavy atom. The van der Waals surface area contributed by atoms with Gasteiger partial charge in [0, 0.05) is 26.1 Å². The SMILES string of the molecule is COC1CCN(C(=O)c2n[nH]c(C3CC3)c2S(N)(=O)=O)C1. The van der Waals surface area contributed by atoms with E-state index in [9.17, 15) is 13.2 Å². The first-order valence-corrected chi connectivity index (χ1v) is 8.39. The molecule has 21 heavy (non-hydrogen) atoms. The van der Waals surface area contributed by atoms with Crippen molar-refractivity contribution in [3.63, 3.8) is 0 Å². The Morgan fingerprint density at radius 1 is 1.43 bits per heavy atom. The monoisotopic (exact) mass is 314 g/mol. The lowest BCUT2D eigenvalue weighted by Crippen LogP contribution is -2.32. The summed E-state index contributed by atoms with van der Waals surface area (Å²) in [6.45, 7) is 0.956. The predicted octanol–water partition coefficient (Wildman–Crippen LogP) is -0.205. The summed E-state index contributed by atoms with van der Waals surface area (Å²) in [5.41, 5.74) is 0.361. The number of aromatic nitrogens is 2. The number of aromatic amines is 1. The van der Waals surface area contributed by atoms with Crippen LogP contribution in [0.4, 0.5) is 0 Å². The third-order valence-corrected chi connectivity index (χ3v) is 4.97. The zero-order valence-corrected chi connectivity index (χ0v) is 12.5. The number of carbonyl (C=O) groups excluding carboxylic acids is 1. The van der Waals surface area contributed by atoms with E-state index in [-0.39, 0.29) is 22.6 Å². The Morgan fingerprint density at radius 3 is 2.67 bits per heavy atom. The van der Waals surface area contributed by atoms with E-state index in [1.54, 1.807) is 12.0 Å². The van der Waals surface area contributed by atoms with Gasteiger partial charge in [0.2, 0.25) is 10.0 Å². The molecule has 1 aromatic heterocycles. The topological polar surface area (TPSA) is 118 Å². The van der Waals surface area contributed by atoms with Crippen LogP contribution in [0.3, 0.4) is 0 Å². The zero-order valence-electron chi connectivity index (χ0n) is 11.7. The van der Waals surface area contributed by atoms with E-state index in [1.807, 2.05) is 0 Å². The highest BCUT2D eigenvalue weighted by Gasteiger charge is 2.38. The Kier molecular flexibility index (Phi) is 3.50. The summed E-state index contributed by atoms with van der Waals surface area (Å²) in [6.07, 6.45) is 2.47. The lowest BCUT2D eigenvalue weighted by atomic mass is 10.2. The molecule has 0 aromatic carbocycles. The number of hydrogen-bond acceptors (Lipinski definition) is 5. The van der Waals surface area contributed by atoms with E-state index in [2.05, 4.69) is 10.2 Å². The number of primary sulfonamides is 1. The summed E-state index contributed by atoms with van der Waals surface area (Å²) < 4.78 is 28.9. The van der Waals surface area contributed by atoms with Crippen molar-refractivity contribution in [2.45, 2.75) is 36.2 Å². The summed E-state index contributed by atoms with van der Waals surface area (Å²) in [6, 6.07) is 0. The van der Waals surface area contributed by atoms with Crippen LogP contribution in [0.5, 0.6) is 0 Å². The van der Waals surface area contributed by atoms with Crippen LogP contribution in [-0.4, -0.2) is 55.7 Å². The first-order valence-electron chi connectivity index (χ1n) is 6.85. The smallest absolute Gasteiger partial charge is 0.275 e. The van der Waals surface area contributed by atoms with Gasteiger partial charge in [-0.15, -0.1) is 0 Å². The number of rotatable bonds is 4. The van der Waals surface area contributed by atoms with Gasteiger partial charge in [0.25, 0.3) is 5.91 Å². The Bertz CT molecular complexity index is 665. The minimum absolute atomic E-state index is 0.0197. The molecule has 0 bridgehead atoms. The molecular formula is C12H18N4O4S. The maximum absolute atomic E-state index is 12.5.